The molecule has 10 aromatic carbocycles. The maximum absolute atomic E-state index is 5.07. The summed E-state index contributed by atoms with van der Waals surface area (Å²) in [6, 6.07) is 69.6. The molecule has 1 aliphatic rings. The number of hydrogen-bond acceptors (Lipinski definition) is 2. The van der Waals surface area contributed by atoms with Gasteiger partial charge in [0.25, 0.3) is 0 Å². The van der Waals surface area contributed by atoms with Crippen molar-refractivity contribution in [3.63, 3.8) is 0 Å². The summed E-state index contributed by atoms with van der Waals surface area (Å²) < 4.78 is 2.41. The van der Waals surface area contributed by atoms with Gasteiger partial charge in [-0.1, -0.05) is 170 Å². The highest BCUT2D eigenvalue weighted by Gasteiger charge is 2.26. The van der Waals surface area contributed by atoms with E-state index in [2.05, 4.69) is 200 Å². The summed E-state index contributed by atoms with van der Waals surface area (Å²) in [4.78, 5) is 7.59. The molecule has 0 aliphatic carbocycles. The van der Waals surface area contributed by atoms with Crippen LogP contribution in [0, 0.1) is 0 Å². The van der Waals surface area contributed by atoms with Gasteiger partial charge in [0.15, 0.2) is 0 Å². The average molecular weight is 757 g/mol. The standard InChI is InChI=1S/C55H36N2S/c1-2-51-56-48-18-10-20-50-55(48)57(51)54-43(17-9-19-49(54)58-50)37-25-21-36(22-26-37)40-29-30-46-47(33-40)53(42-28-24-35-12-4-6-14-39(35)32-42)45-16-8-7-15-44(45)52(46)41-27-23-34-11-3-5-13-38(34)31-41/h3-33H,2H2,1H3. The van der Waals surface area contributed by atoms with Crippen LogP contribution in [-0.2, 0) is 6.42 Å². The van der Waals surface area contributed by atoms with Crippen molar-refractivity contribution >= 4 is 65.9 Å². The fraction of sp³-hybridized carbons (Fsp3) is 0.0364. The van der Waals surface area contributed by atoms with Gasteiger partial charge in [0.1, 0.15) is 5.82 Å². The van der Waals surface area contributed by atoms with Crippen molar-refractivity contribution < 1.29 is 0 Å². The first-order valence-corrected chi connectivity index (χ1v) is 20.9. The first kappa shape index (κ1) is 33.2. The third-order valence-corrected chi connectivity index (χ3v) is 13.2. The molecule has 0 amide bonds. The molecule has 0 unspecified atom stereocenters. The minimum atomic E-state index is 0.868. The van der Waals surface area contributed by atoms with Gasteiger partial charge >= 0.3 is 0 Å². The molecular formula is C55H36N2S. The molecule has 272 valence electrons. The van der Waals surface area contributed by atoms with E-state index in [0.29, 0.717) is 0 Å². The highest BCUT2D eigenvalue weighted by Crippen LogP contribution is 2.48. The normalized spacial score (nSPS) is 12.2. The van der Waals surface area contributed by atoms with Crippen LogP contribution in [0.25, 0.3) is 104 Å². The molecule has 0 radical (unpaired) electrons. The first-order chi connectivity index (χ1) is 28.7. The SMILES string of the molecule is CCc1nc2cccc3c2n1-c1c(cccc1-c1ccc(-c2ccc4c(-c5ccc6ccccc6c5)c5ccccc5c(-c5ccc6ccccc6c5)c4c2)cc1)S3. The van der Waals surface area contributed by atoms with E-state index in [0.717, 1.165) is 17.8 Å². The van der Waals surface area contributed by atoms with Crippen LogP contribution in [-0.4, -0.2) is 9.55 Å². The summed E-state index contributed by atoms with van der Waals surface area (Å²) in [5.74, 6) is 1.10. The Hall–Kier alpha value is -6.94. The highest BCUT2D eigenvalue weighted by atomic mass is 32.2. The predicted octanol–water partition coefficient (Wildman–Crippen LogP) is 15.3. The molecule has 2 nitrogen and oxygen atoms in total. The summed E-state index contributed by atoms with van der Waals surface area (Å²) in [7, 11) is 0. The molecule has 1 aliphatic heterocycles. The number of benzene rings is 10. The maximum Gasteiger partial charge on any atom is 0.114 e. The van der Waals surface area contributed by atoms with Gasteiger partial charge in [-0.15, -0.1) is 0 Å². The van der Waals surface area contributed by atoms with Crippen LogP contribution in [0.3, 0.4) is 0 Å². The Morgan fingerprint density at radius 3 is 1.67 bits per heavy atom. The Labute approximate surface area is 341 Å². The second-order valence-corrected chi connectivity index (χ2v) is 16.4. The van der Waals surface area contributed by atoms with Gasteiger partial charge in [-0.25, -0.2) is 4.98 Å². The zero-order chi connectivity index (χ0) is 38.3. The summed E-state index contributed by atoms with van der Waals surface area (Å²) in [5, 5.41) is 10.0. The predicted molar refractivity (Wildman–Crippen MR) is 246 cm³/mol. The number of para-hydroxylation sites is 2. The highest BCUT2D eigenvalue weighted by molar-refractivity contribution is 7.99. The molecule has 12 rings (SSSR count). The van der Waals surface area contributed by atoms with Crippen LogP contribution in [0.15, 0.2) is 198 Å². The van der Waals surface area contributed by atoms with Crippen LogP contribution >= 0.6 is 11.8 Å². The third kappa shape index (κ3) is 5.10. The van der Waals surface area contributed by atoms with Crippen LogP contribution in [0.4, 0.5) is 0 Å². The molecule has 11 aromatic rings. The van der Waals surface area contributed by atoms with Gasteiger partial charge in [0.2, 0.25) is 0 Å². The van der Waals surface area contributed by atoms with Crippen molar-refractivity contribution in [2.45, 2.75) is 23.1 Å². The topological polar surface area (TPSA) is 17.8 Å². The van der Waals surface area contributed by atoms with E-state index in [-0.39, 0.29) is 0 Å². The van der Waals surface area contributed by atoms with E-state index in [4.69, 9.17) is 4.98 Å². The monoisotopic (exact) mass is 756 g/mol. The molecule has 0 spiro atoms. The largest absolute Gasteiger partial charge is 0.293 e. The number of hydrogen-bond donors (Lipinski definition) is 0. The van der Waals surface area contributed by atoms with Gasteiger partial charge in [-0.05, 0) is 118 Å². The molecule has 0 saturated carbocycles. The van der Waals surface area contributed by atoms with E-state index >= 15 is 0 Å². The Kier molecular flexibility index (Phi) is 7.48. The van der Waals surface area contributed by atoms with E-state index in [9.17, 15) is 0 Å². The van der Waals surface area contributed by atoms with Crippen molar-refractivity contribution in [1.82, 2.24) is 9.55 Å². The zero-order valence-corrected chi connectivity index (χ0v) is 32.7. The lowest BCUT2D eigenvalue weighted by molar-refractivity contribution is 0.889. The van der Waals surface area contributed by atoms with E-state index in [1.165, 1.54) is 109 Å². The van der Waals surface area contributed by atoms with Crippen LogP contribution in [0.2, 0.25) is 0 Å². The lowest BCUT2D eigenvalue weighted by Gasteiger charge is -2.23. The van der Waals surface area contributed by atoms with Gasteiger partial charge in [0.05, 0.1) is 16.7 Å². The fourth-order valence-electron chi connectivity index (χ4n) is 9.40. The molecule has 0 fully saturated rings. The molecule has 58 heavy (non-hydrogen) atoms. The van der Waals surface area contributed by atoms with Crippen molar-refractivity contribution in [3.05, 3.63) is 194 Å². The van der Waals surface area contributed by atoms with E-state index < -0.39 is 0 Å². The summed E-state index contributed by atoms with van der Waals surface area (Å²) in [5.41, 5.74) is 13.3. The smallest absolute Gasteiger partial charge is 0.114 e. The van der Waals surface area contributed by atoms with Gasteiger partial charge in [0, 0.05) is 21.8 Å². The molecule has 0 saturated heterocycles. The maximum atomic E-state index is 5.07. The lowest BCUT2D eigenvalue weighted by Crippen LogP contribution is -2.07. The minimum Gasteiger partial charge on any atom is -0.293 e. The quantitative estimate of drug-likeness (QED) is 0.163. The first-order valence-electron chi connectivity index (χ1n) is 20.1. The molecule has 0 atom stereocenters. The minimum absolute atomic E-state index is 0.868. The van der Waals surface area contributed by atoms with Crippen LogP contribution < -0.4 is 0 Å². The van der Waals surface area contributed by atoms with Gasteiger partial charge < -0.3 is 0 Å². The molecular weight excluding hydrogens is 721 g/mol. The van der Waals surface area contributed by atoms with E-state index in [1.807, 2.05) is 11.8 Å². The molecule has 0 bridgehead atoms. The Bertz CT molecular complexity index is 3460. The third-order valence-electron chi connectivity index (χ3n) is 12.1. The number of fused-ring (bicyclic) bond motifs is 6. The zero-order valence-electron chi connectivity index (χ0n) is 31.9. The number of aryl methyl sites for hydroxylation is 1. The van der Waals surface area contributed by atoms with Crippen LogP contribution in [0.1, 0.15) is 12.7 Å². The Morgan fingerprint density at radius 1 is 0.431 bits per heavy atom. The van der Waals surface area contributed by atoms with Crippen molar-refractivity contribution in [1.29, 1.82) is 0 Å². The molecule has 2 heterocycles. The average Bonchev–Trinajstić information content (AvgIpc) is 3.67. The van der Waals surface area contributed by atoms with E-state index in [1.54, 1.807) is 0 Å². The number of imidazole rings is 1. The summed E-state index contributed by atoms with van der Waals surface area (Å²) >= 11 is 1.85. The number of nitrogens with zero attached hydrogens (tertiary/aromatic N) is 2. The second-order valence-electron chi connectivity index (χ2n) is 15.4. The fourth-order valence-corrected chi connectivity index (χ4v) is 10.5. The lowest BCUT2D eigenvalue weighted by atomic mass is 9.84. The second kappa shape index (κ2) is 13.1. The number of rotatable bonds is 5. The van der Waals surface area contributed by atoms with Gasteiger partial charge in [-0.2, -0.15) is 0 Å². The molecule has 0 N–H and O–H groups in total. The van der Waals surface area contributed by atoms with Gasteiger partial charge in [-0.3, -0.25) is 4.57 Å². The van der Waals surface area contributed by atoms with Crippen molar-refractivity contribution in [2.75, 3.05) is 0 Å². The summed E-state index contributed by atoms with van der Waals surface area (Å²) in [6.45, 7) is 2.20. The van der Waals surface area contributed by atoms with Crippen molar-refractivity contribution in [2.24, 2.45) is 0 Å². The Balaban J connectivity index is 1.05. The molecule has 1 aromatic heterocycles. The van der Waals surface area contributed by atoms with Crippen molar-refractivity contribution in [3.8, 4) is 50.2 Å². The molecule has 3 heteroatoms. The van der Waals surface area contributed by atoms with Crippen LogP contribution in [0.5, 0.6) is 0 Å². The number of aromatic nitrogens is 2. The summed E-state index contributed by atoms with van der Waals surface area (Å²) in [6.07, 6.45) is 0.868. The Morgan fingerprint density at radius 2 is 0.983 bits per heavy atom.